The zero-order valence-electron chi connectivity index (χ0n) is 19.0. The van der Waals surface area contributed by atoms with Crippen LogP contribution in [0.1, 0.15) is 64.0 Å². The first-order valence-electron chi connectivity index (χ1n) is 10.9. The predicted molar refractivity (Wildman–Crippen MR) is 133 cm³/mol. The van der Waals surface area contributed by atoms with Gasteiger partial charge in [0.15, 0.2) is 0 Å². The van der Waals surface area contributed by atoms with E-state index in [1.54, 1.807) is 30.3 Å². The zero-order valence-corrected chi connectivity index (χ0v) is 19.0. The standard InChI is InChI=1S/C29H27NO3/c1-19-4-9-21(10-5-19)24-16-17-29(2,3)26-18-23(13-14-25(24)26)27(30-33)15-8-20-6-11-22(12-7-20)28(31)32/h4-16,18,33H,17H2,1-3H3,(H,31,32)/b15-8+,30-27-. The van der Waals surface area contributed by atoms with Gasteiger partial charge in [-0.15, -0.1) is 0 Å². The Morgan fingerprint density at radius 3 is 2.27 bits per heavy atom. The summed E-state index contributed by atoms with van der Waals surface area (Å²) >= 11 is 0. The number of oxime groups is 1. The number of fused-ring (bicyclic) bond motifs is 1. The van der Waals surface area contributed by atoms with Gasteiger partial charge in [-0.25, -0.2) is 4.79 Å². The minimum Gasteiger partial charge on any atom is -0.478 e. The van der Waals surface area contributed by atoms with E-state index in [1.807, 2.05) is 12.1 Å². The minimum atomic E-state index is -0.959. The highest BCUT2D eigenvalue weighted by molar-refractivity contribution is 6.11. The molecule has 0 heterocycles. The van der Waals surface area contributed by atoms with Crippen LogP contribution in [0.2, 0.25) is 0 Å². The Bertz CT molecular complexity index is 1280. The first-order valence-corrected chi connectivity index (χ1v) is 10.9. The van der Waals surface area contributed by atoms with Gasteiger partial charge in [-0.1, -0.05) is 85.2 Å². The van der Waals surface area contributed by atoms with Gasteiger partial charge in [0.1, 0.15) is 5.71 Å². The van der Waals surface area contributed by atoms with Crippen molar-refractivity contribution in [3.63, 3.8) is 0 Å². The summed E-state index contributed by atoms with van der Waals surface area (Å²) in [5.74, 6) is -0.959. The molecule has 2 N–H and O–H groups in total. The Hall–Kier alpha value is -3.92. The summed E-state index contributed by atoms with van der Waals surface area (Å²) in [6.45, 7) is 6.55. The SMILES string of the molecule is Cc1ccc(C2=CCC(C)(C)c3cc(C(/C=C/c4ccc(C(=O)O)cc4)=N\O)ccc32)cc1. The monoisotopic (exact) mass is 437 g/mol. The molecule has 0 amide bonds. The Morgan fingerprint density at radius 1 is 0.970 bits per heavy atom. The number of hydrogen-bond donors (Lipinski definition) is 2. The average molecular weight is 438 g/mol. The van der Waals surface area contributed by atoms with Crippen molar-refractivity contribution in [3.05, 3.63) is 118 Å². The summed E-state index contributed by atoms with van der Waals surface area (Å²) in [5, 5.41) is 22.3. The molecule has 0 bridgehead atoms. The van der Waals surface area contributed by atoms with Crippen LogP contribution in [-0.4, -0.2) is 22.0 Å². The smallest absolute Gasteiger partial charge is 0.335 e. The lowest BCUT2D eigenvalue weighted by Gasteiger charge is -2.33. The van der Waals surface area contributed by atoms with Gasteiger partial charge in [0.2, 0.25) is 0 Å². The van der Waals surface area contributed by atoms with Crippen LogP contribution >= 0.6 is 0 Å². The summed E-state index contributed by atoms with van der Waals surface area (Å²) < 4.78 is 0. The third kappa shape index (κ3) is 4.65. The number of rotatable bonds is 5. The van der Waals surface area contributed by atoms with Crippen LogP contribution in [0.25, 0.3) is 11.6 Å². The third-order valence-electron chi connectivity index (χ3n) is 6.21. The van der Waals surface area contributed by atoms with Gasteiger partial charge in [-0.05, 0) is 70.9 Å². The van der Waals surface area contributed by atoms with Crippen LogP contribution in [0.5, 0.6) is 0 Å². The van der Waals surface area contributed by atoms with Crippen molar-refractivity contribution >= 4 is 23.3 Å². The number of hydrogen-bond acceptors (Lipinski definition) is 3. The van der Waals surface area contributed by atoms with E-state index >= 15 is 0 Å². The first-order chi connectivity index (χ1) is 15.8. The highest BCUT2D eigenvalue weighted by Crippen LogP contribution is 2.41. The van der Waals surface area contributed by atoms with Crippen LogP contribution in [0.15, 0.2) is 84.0 Å². The Morgan fingerprint density at radius 2 is 1.64 bits per heavy atom. The summed E-state index contributed by atoms with van der Waals surface area (Å²) in [6.07, 6.45) is 6.78. The maximum atomic E-state index is 11.0. The van der Waals surface area contributed by atoms with E-state index in [9.17, 15) is 10.0 Å². The van der Waals surface area contributed by atoms with Crippen LogP contribution in [0.4, 0.5) is 0 Å². The minimum absolute atomic E-state index is 0.0452. The molecule has 0 radical (unpaired) electrons. The highest BCUT2D eigenvalue weighted by Gasteiger charge is 2.29. The summed E-state index contributed by atoms with van der Waals surface area (Å²) in [5.41, 5.74) is 8.37. The highest BCUT2D eigenvalue weighted by atomic mass is 16.4. The molecule has 4 rings (SSSR count). The van der Waals surface area contributed by atoms with Gasteiger partial charge < -0.3 is 10.3 Å². The van der Waals surface area contributed by atoms with Gasteiger partial charge in [0, 0.05) is 5.56 Å². The average Bonchev–Trinajstić information content (AvgIpc) is 2.81. The van der Waals surface area contributed by atoms with Crippen molar-refractivity contribution in [2.75, 3.05) is 0 Å². The van der Waals surface area contributed by atoms with Gasteiger partial charge >= 0.3 is 5.97 Å². The summed E-state index contributed by atoms with van der Waals surface area (Å²) in [4.78, 5) is 11.0. The number of aromatic carboxylic acids is 1. The quantitative estimate of drug-likeness (QED) is 0.265. The van der Waals surface area contributed by atoms with E-state index in [4.69, 9.17) is 5.11 Å². The second kappa shape index (κ2) is 8.91. The zero-order chi connectivity index (χ0) is 23.6. The third-order valence-corrected chi connectivity index (χ3v) is 6.21. The number of nitrogens with zero attached hydrogens (tertiary/aromatic N) is 1. The normalized spacial score (nSPS) is 15.2. The number of carboxylic acid groups (broad SMARTS) is 1. The first kappa shape index (κ1) is 22.3. The van der Waals surface area contributed by atoms with Gasteiger partial charge in [0.05, 0.1) is 5.56 Å². The maximum absolute atomic E-state index is 11.0. The van der Waals surface area contributed by atoms with Crippen molar-refractivity contribution in [1.82, 2.24) is 0 Å². The molecule has 4 nitrogen and oxygen atoms in total. The van der Waals surface area contributed by atoms with Crippen molar-refractivity contribution in [2.45, 2.75) is 32.6 Å². The maximum Gasteiger partial charge on any atom is 0.335 e. The fraction of sp³-hybridized carbons (Fsp3) is 0.172. The molecule has 0 saturated carbocycles. The van der Waals surface area contributed by atoms with Crippen LogP contribution < -0.4 is 0 Å². The van der Waals surface area contributed by atoms with E-state index in [0.29, 0.717) is 5.71 Å². The van der Waals surface area contributed by atoms with Gasteiger partial charge in [-0.3, -0.25) is 0 Å². The molecule has 1 aliphatic rings. The summed E-state index contributed by atoms with van der Waals surface area (Å²) in [7, 11) is 0. The summed E-state index contributed by atoms with van der Waals surface area (Å²) in [6, 6.07) is 21.4. The molecule has 0 aliphatic heterocycles. The van der Waals surface area contributed by atoms with Gasteiger partial charge in [-0.2, -0.15) is 0 Å². The number of aryl methyl sites for hydroxylation is 1. The van der Waals surface area contributed by atoms with Crippen molar-refractivity contribution < 1.29 is 15.1 Å². The molecule has 1 aliphatic carbocycles. The number of carboxylic acids is 1. The fourth-order valence-electron chi connectivity index (χ4n) is 4.18. The van der Waals surface area contributed by atoms with E-state index in [0.717, 1.165) is 17.5 Å². The van der Waals surface area contributed by atoms with Crippen molar-refractivity contribution in [3.8, 4) is 0 Å². The van der Waals surface area contributed by atoms with Crippen LogP contribution in [-0.2, 0) is 5.41 Å². The molecule has 166 valence electrons. The largest absolute Gasteiger partial charge is 0.478 e. The van der Waals surface area contributed by atoms with Crippen LogP contribution in [0.3, 0.4) is 0 Å². The molecule has 0 aromatic heterocycles. The van der Waals surface area contributed by atoms with E-state index in [1.165, 1.54) is 27.8 Å². The molecule has 0 atom stereocenters. The molecule has 33 heavy (non-hydrogen) atoms. The fourth-order valence-corrected chi connectivity index (χ4v) is 4.18. The predicted octanol–water partition coefficient (Wildman–Crippen LogP) is 6.70. The second-order valence-corrected chi connectivity index (χ2v) is 9.08. The molecular weight excluding hydrogens is 410 g/mol. The van der Waals surface area contributed by atoms with Crippen LogP contribution in [0, 0.1) is 6.92 Å². The lowest BCUT2D eigenvalue weighted by atomic mass is 9.71. The van der Waals surface area contributed by atoms with E-state index in [2.05, 4.69) is 68.4 Å². The number of carbonyl (C=O) groups is 1. The molecular formula is C29H27NO3. The van der Waals surface area contributed by atoms with Gasteiger partial charge in [0.25, 0.3) is 0 Å². The molecule has 0 unspecified atom stereocenters. The van der Waals surface area contributed by atoms with E-state index in [-0.39, 0.29) is 11.0 Å². The Labute approximate surface area is 194 Å². The Kier molecular flexibility index (Phi) is 6.01. The molecule has 0 saturated heterocycles. The molecule has 4 heteroatoms. The number of benzene rings is 3. The number of allylic oxidation sites excluding steroid dienone is 2. The molecule has 0 spiro atoms. The lowest BCUT2D eigenvalue weighted by molar-refractivity contribution is 0.0697. The molecule has 0 fully saturated rings. The van der Waals surface area contributed by atoms with Crippen molar-refractivity contribution in [1.29, 1.82) is 0 Å². The second-order valence-electron chi connectivity index (χ2n) is 9.08. The molecule has 3 aromatic carbocycles. The molecule has 3 aromatic rings. The van der Waals surface area contributed by atoms with E-state index < -0.39 is 5.97 Å². The topological polar surface area (TPSA) is 69.9 Å². The van der Waals surface area contributed by atoms with Crippen molar-refractivity contribution in [2.24, 2.45) is 5.16 Å². The Balaban J connectivity index is 1.67. The lowest BCUT2D eigenvalue weighted by Crippen LogP contribution is -2.22.